The molecule has 0 aliphatic carbocycles. The van der Waals surface area contributed by atoms with Crippen LogP contribution >= 0.6 is 23.2 Å². The predicted octanol–water partition coefficient (Wildman–Crippen LogP) is 6.36. The highest BCUT2D eigenvalue weighted by Crippen LogP contribution is 2.30. The molecule has 0 spiro atoms. The molecule has 6 nitrogen and oxygen atoms in total. The summed E-state index contributed by atoms with van der Waals surface area (Å²) in [6.45, 7) is 4.39. The number of aromatic nitrogens is 1. The molecule has 0 saturated carbocycles. The summed E-state index contributed by atoms with van der Waals surface area (Å²) in [5, 5.41) is 3.56. The van der Waals surface area contributed by atoms with Gasteiger partial charge in [0.1, 0.15) is 9.92 Å². The summed E-state index contributed by atoms with van der Waals surface area (Å²) in [7, 11) is -2.99. The number of anilines is 2. The molecule has 3 aromatic rings. The van der Waals surface area contributed by atoms with Gasteiger partial charge in [-0.2, -0.15) is 0 Å². The Balaban J connectivity index is 1.86. The van der Waals surface area contributed by atoms with E-state index < -0.39 is 15.8 Å². The van der Waals surface area contributed by atoms with Gasteiger partial charge in [0.05, 0.1) is 27.0 Å². The number of benzene rings is 2. The van der Waals surface area contributed by atoms with Gasteiger partial charge in [0.2, 0.25) is 0 Å². The Morgan fingerprint density at radius 2 is 1.88 bits per heavy atom. The van der Waals surface area contributed by atoms with Crippen LogP contribution in [0.2, 0.25) is 10.0 Å². The lowest BCUT2D eigenvalue weighted by molar-refractivity contribution is 0.102. The Kier molecular flexibility index (Phi) is 7.44. The lowest BCUT2D eigenvalue weighted by Gasteiger charge is -2.27. The Bertz CT molecular complexity index is 1230. The summed E-state index contributed by atoms with van der Waals surface area (Å²) < 4.78 is 21.9. The molecule has 0 fully saturated rings. The molecule has 1 heterocycles. The lowest BCUT2D eigenvalue weighted by atomic mass is 10.1. The van der Waals surface area contributed by atoms with Crippen LogP contribution in [-0.4, -0.2) is 27.9 Å². The van der Waals surface area contributed by atoms with Crippen LogP contribution in [0.25, 0.3) is 11.3 Å². The van der Waals surface area contributed by atoms with Crippen LogP contribution in [0.4, 0.5) is 11.4 Å². The normalized spacial score (nSPS) is 12.9. The molecule has 2 N–H and O–H groups in total. The fourth-order valence-electron chi connectivity index (χ4n) is 3.14. The molecule has 32 heavy (non-hydrogen) atoms. The summed E-state index contributed by atoms with van der Waals surface area (Å²) in [5.41, 5.74) is 2.74. The van der Waals surface area contributed by atoms with Crippen molar-refractivity contribution in [3.63, 3.8) is 0 Å². The largest absolute Gasteiger partial charge is 0.322 e. The highest BCUT2D eigenvalue weighted by molar-refractivity contribution is 7.93. The molecule has 2 aromatic carbocycles. The van der Waals surface area contributed by atoms with Crippen LogP contribution in [0.15, 0.2) is 60.8 Å². The Morgan fingerprint density at radius 1 is 1.12 bits per heavy atom. The average molecular weight is 491 g/mol. The van der Waals surface area contributed by atoms with E-state index in [9.17, 15) is 9.00 Å². The fraction of sp³-hybridized carbons (Fsp3) is 0.217. The van der Waals surface area contributed by atoms with Crippen LogP contribution < -0.4 is 9.62 Å². The lowest BCUT2D eigenvalue weighted by Crippen LogP contribution is -2.32. The maximum absolute atomic E-state index is 12.9. The SMILES string of the molecule is CC(C)CN(c1ccc(C(=O)Nc2ccc(Cl)c(-c3ccccn3)c2)c(Cl)c1)S(C)(=N)=O. The third kappa shape index (κ3) is 5.79. The van der Waals surface area contributed by atoms with E-state index in [1.165, 1.54) is 10.6 Å². The van der Waals surface area contributed by atoms with Crippen LogP contribution in [0.3, 0.4) is 0 Å². The molecular formula is C23H24Cl2N4O2S. The zero-order chi connectivity index (χ0) is 23.5. The summed E-state index contributed by atoms with van der Waals surface area (Å²) in [6.07, 6.45) is 3.04. The van der Waals surface area contributed by atoms with Crippen LogP contribution in [-0.2, 0) is 9.92 Å². The number of amides is 1. The van der Waals surface area contributed by atoms with Crippen molar-refractivity contribution in [1.29, 1.82) is 4.78 Å². The van der Waals surface area contributed by atoms with Gasteiger partial charge in [0.25, 0.3) is 5.91 Å². The van der Waals surface area contributed by atoms with Gasteiger partial charge in [0.15, 0.2) is 0 Å². The topological polar surface area (TPSA) is 86.2 Å². The molecule has 0 saturated heterocycles. The second-order valence-electron chi connectivity index (χ2n) is 7.79. The van der Waals surface area contributed by atoms with E-state index in [0.717, 1.165) is 0 Å². The molecule has 1 unspecified atom stereocenters. The molecule has 1 aromatic heterocycles. The monoisotopic (exact) mass is 490 g/mol. The molecule has 168 valence electrons. The summed E-state index contributed by atoms with van der Waals surface area (Å²) >= 11 is 12.7. The molecule has 3 rings (SSSR count). The van der Waals surface area contributed by atoms with E-state index in [1.807, 2.05) is 32.0 Å². The molecular weight excluding hydrogens is 467 g/mol. The zero-order valence-electron chi connectivity index (χ0n) is 17.9. The van der Waals surface area contributed by atoms with Gasteiger partial charge in [-0.25, -0.2) is 8.99 Å². The maximum atomic E-state index is 12.9. The highest BCUT2D eigenvalue weighted by atomic mass is 35.5. The van der Waals surface area contributed by atoms with Crippen molar-refractivity contribution < 1.29 is 9.00 Å². The van der Waals surface area contributed by atoms with Crippen molar-refractivity contribution in [2.24, 2.45) is 5.92 Å². The molecule has 0 aliphatic heterocycles. The standard InChI is InChI=1S/C23H24Cl2N4O2S/c1-15(2)14-29(32(3,26)31)17-8-9-18(21(25)13-17)23(30)28-16-7-10-20(24)19(12-16)22-6-4-5-11-27-22/h4-13,15,26H,14H2,1-3H3,(H,28,30). The van der Waals surface area contributed by atoms with Crippen LogP contribution in [0, 0.1) is 10.7 Å². The first-order chi connectivity index (χ1) is 15.1. The Labute approximate surface area is 198 Å². The minimum Gasteiger partial charge on any atom is -0.322 e. The number of rotatable bonds is 7. The molecule has 9 heteroatoms. The average Bonchev–Trinajstić information content (AvgIpc) is 2.73. The van der Waals surface area contributed by atoms with Gasteiger partial charge in [-0.05, 0) is 54.4 Å². The highest BCUT2D eigenvalue weighted by Gasteiger charge is 2.19. The van der Waals surface area contributed by atoms with Gasteiger partial charge in [0, 0.05) is 30.2 Å². The van der Waals surface area contributed by atoms with Crippen molar-refractivity contribution >= 4 is 50.4 Å². The Morgan fingerprint density at radius 3 is 2.47 bits per heavy atom. The first-order valence-electron chi connectivity index (χ1n) is 9.89. The van der Waals surface area contributed by atoms with Crippen LogP contribution in [0.5, 0.6) is 0 Å². The molecule has 0 bridgehead atoms. The van der Waals surface area contributed by atoms with Crippen LogP contribution in [0.1, 0.15) is 24.2 Å². The Hall–Kier alpha value is -2.61. The number of nitrogens with one attached hydrogen (secondary N) is 2. The number of pyridine rings is 1. The van der Waals surface area contributed by atoms with E-state index in [-0.39, 0.29) is 16.5 Å². The van der Waals surface area contributed by atoms with Crippen molar-refractivity contribution in [2.75, 3.05) is 22.4 Å². The first-order valence-corrected chi connectivity index (χ1v) is 12.6. The molecule has 0 radical (unpaired) electrons. The van der Waals surface area contributed by atoms with Gasteiger partial charge in [-0.1, -0.05) is 43.1 Å². The number of carbonyl (C=O) groups is 1. The second-order valence-corrected chi connectivity index (χ2v) is 10.6. The number of halogens is 2. The van der Waals surface area contributed by atoms with E-state index in [4.69, 9.17) is 28.0 Å². The predicted molar refractivity (Wildman–Crippen MR) is 133 cm³/mol. The smallest absolute Gasteiger partial charge is 0.257 e. The number of carbonyl (C=O) groups excluding carboxylic acids is 1. The van der Waals surface area contributed by atoms with Crippen molar-refractivity contribution in [2.45, 2.75) is 13.8 Å². The van der Waals surface area contributed by atoms with Crippen molar-refractivity contribution in [1.82, 2.24) is 4.98 Å². The van der Waals surface area contributed by atoms with E-state index in [0.29, 0.717) is 34.2 Å². The third-order valence-corrected chi connectivity index (χ3v) is 6.45. The van der Waals surface area contributed by atoms with E-state index >= 15 is 0 Å². The summed E-state index contributed by atoms with van der Waals surface area (Å²) in [4.78, 5) is 17.2. The fourth-order valence-corrected chi connectivity index (χ4v) is 4.72. The molecule has 0 aliphatic rings. The van der Waals surface area contributed by atoms with Crippen molar-refractivity contribution in [3.05, 3.63) is 76.4 Å². The minimum atomic E-state index is -2.99. The number of hydrogen-bond acceptors (Lipinski definition) is 4. The van der Waals surface area contributed by atoms with Gasteiger partial charge in [-0.15, -0.1) is 0 Å². The quantitative estimate of drug-likeness (QED) is 0.403. The second kappa shape index (κ2) is 9.90. The van der Waals surface area contributed by atoms with E-state index in [1.54, 1.807) is 42.6 Å². The van der Waals surface area contributed by atoms with Gasteiger partial charge in [-0.3, -0.25) is 14.1 Å². The number of nitrogens with zero attached hydrogens (tertiary/aromatic N) is 2. The zero-order valence-corrected chi connectivity index (χ0v) is 20.3. The van der Waals surface area contributed by atoms with Gasteiger partial charge >= 0.3 is 0 Å². The first kappa shape index (κ1) is 24.0. The summed E-state index contributed by atoms with van der Waals surface area (Å²) in [6, 6.07) is 15.5. The minimum absolute atomic E-state index is 0.195. The summed E-state index contributed by atoms with van der Waals surface area (Å²) in [5.74, 6) is -0.199. The third-order valence-electron chi connectivity index (χ3n) is 4.60. The molecule has 1 amide bonds. The number of hydrogen-bond donors (Lipinski definition) is 2. The maximum Gasteiger partial charge on any atom is 0.257 e. The molecule has 1 atom stereocenters. The van der Waals surface area contributed by atoms with Crippen molar-refractivity contribution in [3.8, 4) is 11.3 Å². The van der Waals surface area contributed by atoms with E-state index in [2.05, 4.69) is 10.3 Å². The van der Waals surface area contributed by atoms with Gasteiger partial charge < -0.3 is 5.32 Å².